The Balaban J connectivity index is 1.34. The van der Waals surface area contributed by atoms with Crippen LogP contribution in [-0.2, 0) is 4.79 Å². The van der Waals surface area contributed by atoms with E-state index in [0.717, 1.165) is 20.9 Å². The van der Waals surface area contributed by atoms with Crippen LogP contribution in [0.5, 0.6) is 5.75 Å². The van der Waals surface area contributed by atoms with Crippen molar-refractivity contribution >= 4 is 49.7 Å². The first kappa shape index (κ1) is 19.8. The third kappa shape index (κ3) is 4.90. The normalized spacial score (nSPS) is 11.0. The molecule has 0 radical (unpaired) electrons. The summed E-state index contributed by atoms with van der Waals surface area (Å²) in [6.45, 7) is -0.0909. The molecular formula is C24H18BrN3O2. The predicted octanol–water partition coefficient (Wildman–Crippen LogP) is 7.04. The summed E-state index contributed by atoms with van der Waals surface area (Å²) in [6, 6.07) is 28.5. The maximum Gasteiger partial charge on any atom is 0.262 e. The van der Waals surface area contributed by atoms with Gasteiger partial charge in [0.05, 0.1) is 15.8 Å². The fourth-order valence-electron chi connectivity index (χ4n) is 2.89. The smallest absolute Gasteiger partial charge is 0.262 e. The van der Waals surface area contributed by atoms with Crippen molar-refractivity contribution in [2.75, 3.05) is 11.9 Å². The Bertz CT molecular complexity index is 1190. The second-order valence-corrected chi connectivity index (χ2v) is 7.31. The summed E-state index contributed by atoms with van der Waals surface area (Å²) in [5, 5.41) is 13.3. The van der Waals surface area contributed by atoms with Crippen LogP contribution in [0.4, 0.5) is 17.1 Å². The molecule has 1 amide bonds. The van der Waals surface area contributed by atoms with Crippen LogP contribution in [0.25, 0.3) is 10.8 Å². The van der Waals surface area contributed by atoms with Gasteiger partial charge in [0.15, 0.2) is 6.61 Å². The molecule has 0 bridgehead atoms. The van der Waals surface area contributed by atoms with E-state index in [0.29, 0.717) is 17.1 Å². The molecule has 0 aliphatic heterocycles. The SMILES string of the molecule is O=C(COc1ccc2ccccc2c1Br)Nc1ccc(N=Nc2ccccc2)cc1. The fourth-order valence-corrected chi connectivity index (χ4v) is 3.49. The molecule has 148 valence electrons. The zero-order chi connectivity index (χ0) is 20.8. The van der Waals surface area contributed by atoms with E-state index < -0.39 is 0 Å². The Morgan fingerprint density at radius 2 is 1.47 bits per heavy atom. The highest BCUT2D eigenvalue weighted by atomic mass is 79.9. The molecule has 0 spiro atoms. The highest BCUT2D eigenvalue weighted by Gasteiger charge is 2.09. The minimum absolute atomic E-state index is 0.0909. The largest absolute Gasteiger partial charge is 0.483 e. The second kappa shape index (κ2) is 9.33. The number of azo groups is 1. The lowest BCUT2D eigenvalue weighted by Gasteiger charge is -2.11. The average molecular weight is 460 g/mol. The van der Waals surface area contributed by atoms with E-state index in [4.69, 9.17) is 4.74 Å². The first-order valence-corrected chi connectivity index (χ1v) is 10.1. The summed E-state index contributed by atoms with van der Waals surface area (Å²) < 4.78 is 6.53. The van der Waals surface area contributed by atoms with E-state index >= 15 is 0 Å². The Kier molecular flexibility index (Phi) is 6.15. The lowest BCUT2D eigenvalue weighted by Crippen LogP contribution is -2.20. The number of carbonyl (C=O) groups is 1. The summed E-state index contributed by atoms with van der Waals surface area (Å²) in [4.78, 5) is 12.3. The minimum Gasteiger partial charge on any atom is -0.483 e. The standard InChI is InChI=1S/C24H18BrN3O2/c25-24-21-9-5-4-6-17(21)10-15-22(24)30-16-23(29)26-18-11-13-20(14-12-18)28-27-19-7-2-1-3-8-19/h1-15H,16H2,(H,26,29). The molecule has 5 nitrogen and oxygen atoms in total. The van der Waals surface area contributed by atoms with Crippen molar-refractivity contribution in [3.05, 3.63) is 95.5 Å². The van der Waals surface area contributed by atoms with E-state index in [9.17, 15) is 4.79 Å². The molecule has 6 heteroatoms. The lowest BCUT2D eigenvalue weighted by atomic mass is 10.1. The predicted molar refractivity (Wildman–Crippen MR) is 123 cm³/mol. The van der Waals surface area contributed by atoms with Crippen molar-refractivity contribution in [2.45, 2.75) is 0 Å². The molecule has 4 aromatic carbocycles. The van der Waals surface area contributed by atoms with Gasteiger partial charge in [-0.1, -0.05) is 48.5 Å². The maximum atomic E-state index is 12.3. The maximum absolute atomic E-state index is 12.3. The molecule has 0 saturated heterocycles. The van der Waals surface area contributed by atoms with Crippen molar-refractivity contribution in [1.29, 1.82) is 0 Å². The van der Waals surface area contributed by atoms with Crippen LogP contribution in [0.15, 0.2) is 106 Å². The van der Waals surface area contributed by atoms with Crippen LogP contribution in [0.1, 0.15) is 0 Å². The molecule has 4 rings (SSSR count). The summed E-state index contributed by atoms with van der Waals surface area (Å²) >= 11 is 3.56. The summed E-state index contributed by atoms with van der Waals surface area (Å²) in [5.74, 6) is 0.384. The van der Waals surface area contributed by atoms with Crippen molar-refractivity contribution in [2.24, 2.45) is 10.2 Å². The Morgan fingerprint density at radius 3 is 2.23 bits per heavy atom. The first-order valence-electron chi connectivity index (χ1n) is 9.36. The van der Waals surface area contributed by atoms with Gasteiger partial charge in [-0.2, -0.15) is 10.2 Å². The molecule has 0 aliphatic carbocycles. The van der Waals surface area contributed by atoms with Crippen molar-refractivity contribution in [3.63, 3.8) is 0 Å². The topological polar surface area (TPSA) is 63.0 Å². The van der Waals surface area contributed by atoms with Crippen LogP contribution < -0.4 is 10.1 Å². The highest BCUT2D eigenvalue weighted by Crippen LogP contribution is 2.33. The summed E-state index contributed by atoms with van der Waals surface area (Å²) in [7, 11) is 0. The number of rotatable bonds is 6. The average Bonchev–Trinajstić information content (AvgIpc) is 2.79. The van der Waals surface area contributed by atoms with E-state index in [1.54, 1.807) is 24.3 Å². The summed E-state index contributed by atoms with van der Waals surface area (Å²) in [5.41, 5.74) is 2.15. The Morgan fingerprint density at radius 1 is 0.800 bits per heavy atom. The van der Waals surface area contributed by atoms with E-state index in [2.05, 4.69) is 31.5 Å². The van der Waals surface area contributed by atoms with Gasteiger partial charge in [-0.25, -0.2) is 0 Å². The molecule has 1 N–H and O–H groups in total. The molecule has 30 heavy (non-hydrogen) atoms. The Hall–Kier alpha value is -3.51. The number of hydrogen-bond donors (Lipinski definition) is 1. The molecule has 0 fully saturated rings. The van der Waals surface area contributed by atoms with Crippen molar-refractivity contribution in [3.8, 4) is 5.75 Å². The number of carbonyl (C=O) groups excluding carboxylic acids is 1. The van der Waals surface area contributed by atoms with Gasteiger partial charge < -0.3 is 10.1 Å². The minimum atomic E-state index is -0.242. The molecule has 0 unspecified atom stereocenters. The molecule has 0 saturated carbocycles. The number of ether oxygens (including phenoxy) is 1. The third-order valence-electron chi connectivity index (χ3n) is 4.37. The van der Waals surface area contributed by atoms with Crippen LogP contribution in [0, 0.1) is 0 Å². The number of anilines is 1. The molecule has 0 atom stereocenters. The molecule has 0 aliphatic rings. The Labute approximate surface area is 182 Å². The molecular weight excluding hydrogens is 442 g/mol. The first-order chi connectivity index (χ1) is 14.7. The van der Waals surface area contributed by atoms with Gasteiger partial charge in [0.1, 0.15) is 5.75 Å². The third-order valence-corrected chi connectivity index (χ3v) is 5.19. The van der Waals surface area contributed by atoms with Gasteiger partial charge in [0.2, 0.25) is 0 Å². The van der Waals surface area contributed by atoms with Gasteiger partial charge in [0.25, 0.3) is 5.91 Å². The van der Waals surface area contributed by atoms with Gasteiger partial charge in [0, 0.05) is 5.69 Å². The number of amides is 1. The lowest BCUT2D eigenvalue weighted by molar-refractivity contribution is -0.118. The van der Waals surface area contributed by atoms with E-state index in [-0.39, 0.29) is 12.5 Å². The fraction of sp³-hybridized carbons (Fsp3) is 0.0417. The quantitative estimate of drug-likeness (QED) is 0.314. The number of halogens is 1. The zero-order valence-electron chi connectivity index (χ0n) is 16.0. The van der Waals surface area contributed by atoms with Gasteiger partial charge in [-0.15, -0.1) is 0 Å². The number of nitrogens with zero attached hydrogens (tertiary/aromatic N) is 2. The number of benzene rings is 4. The number of fused-ring (bicyclic) bond motifs is 1. The number of nitrogens with one attached hydrogen (secondary N) is 1. The highest BCUT2D eigenvalue weighted by molar-refractivity contribution is 9.10. The van der Waals surface area contributed by atoms with Gasteiger partial charge in [-0.05, 0) is 69.2 Å². The van der Waals surface area contributed by atoms with Crippen molar-refractivity contribution in [1.82, 2.24) is 0 Å². The molecule has 0 heterocycles. The van der Waals surface area contributed by atoms with E-state index in [1.165, 1.54) is 0 Å². The van der Waals surface area contributed by atoms with Crippen LogP contribution in [0.2, 0.25) is 0 Å². The van der Waals surface area contributed by atoms with Gasteiger partial charge in [-0.3, -0.25) is 4.79 Å². The van der Waals surface area contributed by atoms with E-state index in [1.807, 2.05) is 66.7 Å². The van der Waals surface area contributed by atoms with Gasteiger partial charge >= 0.3 is 0 Å². The monoisotopic (exact) mass is 459 g/mol. The molecule has 4 aromatic rings. The van der Waals surface area contributed by atoms with Crippen LogP contribution in [-0.4, -0.2) is 12.5 Å². The van der Waals surface area contributed by atoms with Crippen molar-refractivity contribution < 1.29 is 9.53 Å². The zero-order valence-corrected chi connectivity index (χ0v) is 17.5. The van der Waals surface area contributed by atoms with Crippen LogP contribution in [0.3, 0.4) is 0 Å². The molecule has 0 aromatic heterocycles. The number of hydrogen-bond acceptors (Lipinski definition) is 4. The van der Waals surface area contributed by atoms with Crippen LogP contribution >= 0.6 is 15.9 Å². The second-order valence-electron chi connectivity index (χ2n) is 6.52. The summed E-state index contributed by atoms with van der Waals surface area (Å²) in [6.07, 6.45) is 0.